The van der Waals surface area contributed by atoms with Gasteiger partial charge in [0.2, 0.25) is 0 Å². The molecule has 0 N–H and O–H groups in total. The first-order valence-electron chi connectivity index (χ1n) is 9.47. The molecule has 1 atom stereocenters. The average molecular weight is 329 g/mol. The third-order valence-electron chi connectivity index (χ3n) is 5.63. The molecule has 2 saturated heterocycles. The molecule has 0 radical (unpaired) electrons. The molecule has 4 nitrogen and oxygen atoms in total. The van der Waals surface area contributed by atoms with Gasteiger partial charge in [0.05, 0.1) is 0 Å². The third kappa shape index (κ3) is 4.15. The van der Waals surface area contributed by atoms with E-state index >= 15 is 0 Å². The Morgan fingerprint density at radius 1 is 1.17 bits per heavy atom. The van der Waals surface area contributed by atoms with Crippen LogP contribution in [0.15, 0.2) is 18.3 Å². The number of Topliss-reactive ketones (excluding diaryl/α,β-unsaturated/α-hetero) is 1. The molecule has 4 heteroatoms. The van der Waals surface area contributed by atoms with Crippen LogP contribution < -0.4 is 4.90 Å². The topological polar surface area (TPSA) is 36.4 Å². The van der Waals surface area contributed by atoms with Crippen LogP contribution >= 0.6 is 0 Å². The van der Waals surface area contributed by atoms with Crippen molar-refractivity contribution in [3.8, 4) is 0 Å². The lowest BCUT2D eigenvalue weighted by Gasteiger charge is -2.35. The fourth-order valence-electron chi connectivity index (χ4n) is 4.28. The summed E-state index contributed by atoms with van der Waals surface area (Å²) in [4.78, 5) is 20.9. The van der Waals surface area contributed by atoms with Crippen molar-refractivity contribution in [1.82, 2.24) is 9.88 Å². The Hall–Kier alpha value is -1.42. The second-order valence-electron chi connectivity index (χ2n) is 7.99. The molecule has 132 valence electrons. The number of aromatic nitrogens is 1. The van der Waals surface area contributed by atoms with Gasteiger partial charge < -0.3 is 9.80 Å². The highest BCUT2D eigenvalue weighted by Crippen LogP contribution is 2.33. The molecule has 0 spiro atoms. The van der Waals surface area contributed by atoms with Gasteiger partial charge in [-0.2, -0.15) is 0 Å². The van der Waals surface area contributed by atoms with Crippen LogP contribution in [0, 0.1) is 17.8 Å². The van der Waals surface area contributed by atoms with E-state index in [0.29, 0.717) is 5.56 Å². The molecule has 24 heavy (non-hydrogen) atoms. The molecule has 0 aromatic carbocycles. The standard InChI is InChI=1S/C20H31N3O/c1-15(2)13-22-9-6-17(7-10-22)19-8-11-23(14-19)20-5-4-18(12-21-20)16(3)24/h4-5,12,15,17,19H,6-11,13-14H2,1-3H3/t19-/m0/s1. The molecule has 2 aliphatic heterocycles. The summed E-state index contributed by atoms with van der Waals surface area (Å²) in [6.45, 7) is 12.2. The zero-order chi connectivity index (χ0) is 17.1. The van der Waals surface area contributed by atoms with Gasteiger partial charge >= 0.3 is 0 Å². The molecule has 0 amide bonds. The largest absolute Gasteiger partial charge is 0.356 e. The van der Waals surface area contributed by atoms with Crippen molar-refractivity contribution in [2.24, 2.45) is 17.8 Å². The number of ketones is 1. The lowest BCUT2D eigenvalue weighted by Crippen LogP contribution is -2.38. The maximum Gasteiger partial charge on any atom is 0.161 e. The molecule has 1 aromatic heterocycles. The van der Waals surface area contributed by atoms with E-state index < -0.39 is 0 Å². The van der Waals surface area contributed by atoms with E-state index in [4.69, 9.17) is 0 Å². The highest BCUT2D eigenvalue weighted by Gasteiger charge is 2.32. The molecule has 3 heterocycles. The Kier molecular flexibility index (Phi) is 5.54. The molecular weight excluding hydrogens is 298 g/mol. The van der Waals surface area contributed by atoms with Crippen LogP contribution in [0.4, 0.5) is 5.82 Å². The van der Waals surface area contributed by atoms with Crippen molar-refractivity contribution in [1.29, 1.82) is 0 Å². The van der Waals surface area contributed by atoms with Crippen molar-refractivity contribution < 1.29 is 4.79 Å². The monoisotopic (exact) mass is 329 g/mol. The van der Waals surface area contributed by atoms with Gasteiger partial charge in [-0.3, -0.25) is 4.79 Å². The van der Waals surface area contributed by atoms with Gasteiger partial charge in [-0.1, -0.05) is 13.8 Å². The Morgan fingerprint density at radius 2 is 1.88 bits per heavy atom. The van der Waals surface area contributed by atoms with Crippen LogP contribution in [-0.4, -0.2) is 48.4 Å². The summed E-state index contributed by atoms with van der Waals surface area (Å²) in [6.07, 6.45) is 5.70. The molecular formula is C20H31N3O. The smallest absolute Gasteiger partial charge is 0.161 e. The van der Waals surface area contributed by atoms with Crippen molar-refractivity contribution >= 4 is 11.6 Å². The zero-order valence-corrected chi connectivity index (χ0v) is 15.4. The van der Waals surface area contributed by atoms with E-state index in [2.05, 4.69) is 28.6 Å². The molecule has 2 aliphatic rings. The lowest BCUT2D eigenvalue weighted by atomic mass is 9.83. The summed E-state index contributed by atoms with van der Waals surface area (Å²) in [6, 6.07) is 3.91. The number of carbonyl (C=O) groups is 1. The number of rotatable bonds is 5. The van der Waals surface area contributed by atoms with Gasteiger partial charge in [-0.25, -0.2) is 4.98 Å². The van der Waals surface area contributed by atoms with Gasteiger partial charge in [0.15, 0.2) is 5.78 Å². The minimum Gasteiger partial charge on any atom is -0.356 e. The summed E-state index contributed by atoms with van der Waals surface area (Å²) in [5.41, 5.74) is 0.701. The number of hydrogen-bond acceptors (Lipinski definition) is 4. The highest BCUT2D eigenvalue weighted by atomic mass is 16.1. The van der Waals surface area contributed by atoms with Crippen molar-refractivity contribution in [3.05, 3.63) is 23.9 Å². The number of hydrogen-bond donors (Lipinski definition) is 0. The molecule has 1 aromatic rings. The fourth-order valence-corrected chi connectivity index (χ4v) is 4.28. The summed E-state index contributed by atoms with van der Waals surface area (Å²) in [5.74, 6) is 3.56. The number of piperidine rings is 1. The predicted octanol–water partition coefficient (Wildman–Crippen LogP) is 3.48. The summed E-state index contributed by atoms with van der Waals surface area (Å²) in [7, 11) is 0. The third-order valence-corrected chi connectivity index (χ3v) is 5.63. The molecule has 2 fully saturated rings. The average Bonchev–Trinajstić information content (AvgIpc) is 3.05. The first kappa shape index (κ1) is 17.4. The second kappa shape index (κ2) is 7.64. The number of pyridine rings is 1. The number of likely N-dealkylation sites (tertiary alicyclic amines) is 1. The second-order valence-corrected chi connectivity index (χ2v) is 7.99. The molecule has 0 aliphatic carbocycles. The SMILES string of the molecule is CC(=O)c1ccc(N2CC[C@H](C3CCN(CC(C)C)CC3)C2)nc1. The Bertz CT molecular complexity index is 547. The quantitative estimate of drug-likeness (QED) is 0.775. The van der Waals surface area contributed by atoms with E-state index in [0.717, 1.165) is 36.7 Å². The molecule has 3 rings (SSSR count). The van der Waals surface area contributed by atoms with Crippen LogP contribution in [0.5, 0.6) is 0 Å². The van der Waals surface area contributed by atoms with E-state index in [-0.39, 0.29) is 5.78 Å². The van der Waals surface area contributed by atoms with Gasteiger partial charge in [0.25, 0.3) is 0 Å². The number of carbonyl (C=O) groups excluding carboxylic acids is 1. The van der Waals surface area contributed by atoms with E-state index in [1.54, 1.807) is 13.1 Å². The lowest BCUT2D eigenvalue weighted by molar-refractivity contribution is 0.101. The minimum atomic E-state index is 0.0847. The summed E-state index contributed by atoms with van der Waals surface area (Å²) < 4.78 is 0. The van der Waals surface area contributed by atoms with Crippen molar-refractivity contribution in [2.75, 3.05) is 37.6 Å². The van der Waals surface area contributed by atoms with Gasteiger partial charge in [0, 0.05) is 31.4 Å². The Balaban J connectivity index is 1.51. The van der Waals surface area contributed by atoms with Crippen LogP contribution in [0.3, 0.4) is 0 Å². The zero-order valence-electron chi connectivity index (χ0n) is 15.4. The normalized spacial score (nSPS) is 23.2. The van der Waals surface area contributed by atoms with E-state index in [1.165, 1.54) is 38.9 Å². The molecule has 0 unspecified atom stereocenters. The van der Waals surface area contributed by atoms with Crippen LogP contribution in [-0.2, 0) is 0 Å². The fraction of sp³-hybridized carbons (Fsp3) is 0.700. The summed E-state index contributed by atoms with van der Waals surface area (Å²) in [5, 5.41) is 0. The van der Waals surface area contributed by atoms with Gasteiger partial charge in [-0.15, -0.1) is 0 Å². The molecule has 0 bridgehead atoms. The first-order valence-corrected chi connectivity index (χ1v) is 9.47. The number of anilines is 1. The van der Waals surface area contributed by atoms with E-state index in [9.17, 15) is 4.79 Å². The maximum atomic E-state index is 11.4. The van der Waals surface area contributed by atoms with Gasteiger partial charge in [-0.05, 0) is 69.2 Å². The first-order chi connectivity index (χ1) is 11.5. The highest BCUT2D eigenvalue weighted by molar-refractivity contribution is 5.93. The van der Waals surface area contributed by atoms with Crippen molar-refractivity contribution in [2.45, 2.75) is 40.0 Å². The van der Waals surface area contributed by atoms with Crippen LogP contribution in [0.2, 0.25) is 0 Å². The number of nitrogens with zero attached hydrogens (tertiary/aromatic N) is 3. The molecule has 0 saturated carbocycles. The maximum absolute atomic E-state index is 11.4. The predicted molar refractivity (Wildman–Crippen MR) is 98.6 cm³/mol. The Morgan fingerprint density at radius 3 is 2.46 bits per heavy atom. The summed E-state index contributed by atoms with van der Waals surface area (Å²) >= 11 is 0. The van der Waals surface area contributed by atoms with E-state index in [1.807, 2.05) is 12.1 Å². The van der Waals surface area contributed by atoms with Gasteiger partial charge in [0.1, 0.15) is 5.82 Å². The van der Waals surface area contributed by atoms with Crippen LogP contribution in [0.25, 0.3) is 0 Å². The minimum absolute atomic E-state index is 0.0847. The van der Waals surface area contributed by atoms with Crippen LogP contribution in [0.1, 0.15) is 50.4 Å². The van der Waals surface area contributed by atoms with Crippen molar-refractivity contribution in [3.63, 3.8) is 0 Å². The Labute approximate surface area is 146 Å².